The summed E-state index contributed by atoms with van der Waals surface area (Å²) in [4.78, 5) is 30.6. The molecule has 5 nitrogen and oxygen atoms in total. The maximum absolute atomic E-state index is 13.0. The van der Waals surface area contributed by atoms with Crippen molar-refractivity contribution in [1.29, 1.82) is 0 Å². The van der Waals surface area contributed by atoms with Crippen molar-refractivity contribution >= 4 is 28.6 Å². The molecule has 5 heteroatoms. The van der Waals surface area contributed by atoms with Gasteiger partial charge in [-0.15, -0.1) is 0 Å². The minimum absolute atomic E-state index is 0.0437. The molecule has 2 N–H and O–H groups in total. The van der Waals surface area contributed by atoms with Crippen molar-refractivity contribution in [3.05, 3.63) is 71.3 Å². The maximum atomic E-state index is 13.0. The van der Waals surface area contributed by atoms with Crippen LogP contribution in [0.1, 0.15) is 45.1 Å². The predicted molar refractivity (Wildman–Crippen MR) is 94.8 cm³/mol. The van der Waals surface area contributed by atoms with Crippen molar-refractivity contribution in [2.45, 2.75) is 12.8 Å². The van der Waals surface area contributed by atoms with E-state index in [-0.39, 0.29) is 23.4 Å². The Balaban J connectivity index is 1.71. The fraction of sp³-hybridized carbons (Fsp3) is 0.150. The molecular formula is C20H16N2O3. The Morgan fingerprint density at radius 1 is 1.24 bits per heavy atom. The number of carbonyl (C=O) groups excluding carboxylic acids is 1. The minimum atomic E-state index is -1.11. The summed E-state index contributed by atoms with van der Waals surface area (Å²) < 4.78 is 0. The molecule has 1 aliphatic rings. The van der Waals surface area contributed by atoms with Gasteiger partial charge in [0, 0.05) is 29.3 Å². The van der Waals surface area contributed by atoms with Gasteiger partial charge in [-0.05, 0) is 28.5 Å². The molecule has 0 saturated carbocycles. The Labute approximate surface area is 144 Å². The number of rotatable bonds is 3. The van der Waals surface area contributed by atoms with Crippen LogP contribution in [0.3, 0.4) is 0 Å². The van der Waals surface area contributed by atoms with Crippen LogP contribution >= 0.6 is 0 Å². The molecule has 0 aliphatic heterocycles. The van der Waals surface area contributed by atoms with Gasteiger partial charge in [0.2, 0.25) is 5.82 Å². The van der Waals surface area contributed by atoms with Crippen molar-refractivity contribution in [1.82, 2.24) is 9.97 Å². The number of carboxylic acids is 1. The first-order valence-corrected chi connectivity index (χ1v) is 8.08. The van der Waals surface area contributed by atoms with Crippen LogP contribution in [-0.4, -0.2) is 26.8 Å². The normalized spacial score (nSPS) is 17.5. The molecule has 0 bridgehead atoms. The van der Waals surface area contributed by atoms with Gasteiger partial charge in [0.1, 0.15) is 0 Å². The van der Waals surface area contributed by atoms with Gasteiger partial charge in [-0.3, -0.25) is 4.79 Å². The second kappa shape index (κ2) is 5.70. The average molecular weight is 332 g/mol. The van der Waals surface area contributed by atoms with E-state index in [9.17, 15) is 9.59 Å². The second-order valence-corrected chi connectivity index (χ2v) is 6.32. The van der Waals surface area contributed by atoms with Gasteiger partial charge < -0.3 is 10.1 Å². The van der Waals surface area contributed by atoms with Crippen molar-refractivity contribution in [2.24, 2.45) is 5.92 Å². The lowest BCUT2D eigenvalue weighted by Crippen LogP contribution is -2.22. The zero-order valence-electron chi connectivity index (χ0n) is 13.6. The zero-order valence-corrected chi connectivity index (χ0v) is 13.6. The first-order chi connectivity index (χ1) is 12.0. The first-order valence-electron chi connectivity index (χ1n) is 8.08. The van der Waals surface area contributed by atoms with Crippen LogP contribution < -0.4 is 0 Å². The molecule has 0 saturated heterocycles. The Morgan fingerprint density at radius 2 is 1.96 bits per heavy atom. The molecule has 2 atom stereocenters. The molecule has 1 heterocycles. The summed E-state index contributed by atoms with van der Waals surface area (Å²) in [6, 6.07) is 11.9. The van der Waals surface area contributed by atoms with Gasteiger partial charge in [-0.2, -0.15) is 0 Å². The maximum Gasteiger partial charge on any atom is 0.371 e. The van der Waals surface area contributed by atoms with E-state index in [1.807, 2.05) is 55.5 Å². The zero-order chi connectivity index (χ0) is 17.6. The summed E-state index contributed by atoms with van der Waals surface area (Å²) in [5, 5.41) is 11.1. The number of aromatic nitrogens is 2. The molecule has 25 heavy (non-hydrogen) atoms. The third-order valence-corrected chi connectivity index (χ3v) is 4.80. The summed E-state index contributed by atoms with van der Waals surface area (Å²) in [5.41, 5.74) is 2.27. The van der Waals surface area contributed by atoms with Gasteiger partial charge in [-0.25, -0.2) is 9.78 Å². The highest BCUT2D eigenvalue weighted by atomic mass is 16.4. The number of carboxylic acid groups (broad SMARTS) is 1. The summed E-state index contributed by atoms with van der Waals surface area (Å²) >= 11 is 0. The van der Waals surface area contributed by atoms with Crippen molar-refractivity contribution in [3.63, 3.8) is 0 Å². The quantitative estimate of drug-likeness (QED) is 0.762. The monoisotopic (exact) mass is 332 g/mol. The van der Waals surface area contributed by atoms with Crippen molar-refractivity contribution in [3.8, 4) is 0 Å². The number of benzene rings is 2. The van der Waals surface area contributed by atoms with Crippen LogP contribution in [0.4, 0.5) is 0 Å². The van der Waals surface area contributed by atoms with E-state index >= 15 is 0 Å². The molecular weight excluding hydrogens is 316 g/mol. The summed E-state index contributed by atoms with van der Waals surface area (Å²) in [7, 11) is 0. The Kier molecular flexibility index (Phi) is 3.50. The lowest BCUT2D eigenvalue weighted by Gasteiger charge is -2.23. The first kappa shape index (κ1) is 15.3. The number of Topliss-reactive ketones (excluding diaryl/α,β-unsaturated/α-hetero) is 1. The van der Waals surface area contributed by atoms with Gasteiger partial charge in [0.05, 0.1) is 0 Å². The number of nitrogens with one attached hydrogen (secondary N) is 1. The van der Waals surface area contributed by atoms with Gasteiger partial charge in [0.15, 0.2) is 5.78 Å². The highest BCUT2D eigenvalue weighted by molar-refractivity contribution is 6.08. The number of aromatic carboxylic acids is 1. The van der Waals surface area contributed by atoms with E-state index in [1.54, 1.807) is 0 Å². The van der Waals surface area contributed by atoms with E-state index < -0.39 is 5.97 Å². The highest BCUT2D eigenvalue weighted by Gasteiger charge is 2.30. The van der Waals surface area contributed by atoms with E-state index in [2.05, 4.69) is 9.97 Å². The Bertz CT molecular complexity index is 1030. The SMILES string of the molecule is CC(c1cnc(C(=O)O)[nH]1)C1C=Cc2cc3ccccc3cc2C1=O. The Hall–Kier alpha value is -3.21. The van der Waals surface area contributed by atoms with Crippen molar-refractivity contribution in [2.75, 3.05) is 0 Å². The molecule has 0 radical (unpaired) electrons. The van der Waals surface area contributed by atoms with E-state index in [4.69, 9.17) is 5.11 Å². The Morgan fingerprint density at radius 3 is 2.64 bits per heavy atom. The number of imidazole rings is 1. The standard InChI is InChI=1S/C20H16N2O3/c1-11(17-10-21-19(22-17)20(24)25)15-7-6-14-8-12-4-2-3-5-13(12)9-16(14)18(15)23/h2-11,15H,1H3,(H,21,22)(H,24,25). The lowest BCUT2D eigenvalue weighted by atomic mass is 9.79. The molecule has 3 aromatic rings. The van der Waals surface area contributed by atoms with Gasteiger partial charge >= 0.3 is 5.97 Å². The van der Waals surface area contributed by atoms with Crippen molar-refractivity contribution < 1.29 is 14.7 Å². The molecule has 0 spiro atoms. The predicted octanol–water partition coefficient (Wildman–Crippen LogP) is 3.89. The van der Waals surface area contributed by atoms with E-state index in [0.717, 1.165) is 16.3 Å². The number of hydrogen-bond acceptors (Lipinski definition) is 3. The van der Waals surface area contributed by atoms with Crippen LogP contribution in [0, 0.1) is 5.92 Å². The highest BCUT2D eigenvalue weighted by Crippen LogP contribution is 2.34. The van der Waals surface area contributed by atoms with Gasteiger partial charge in [-0.1, -0.05) is 43.3 Å². The number of nitrogens with zero attached hydrogens (tertiary/aromatic N) is 1. The second-order valence-electron chi connectivity index (χ2n) is 6.32. The molecule has 0 amide bonds. The van der Waals surface area contributed by atoms with Crippen LogP contribution in [0.2, 0.25) is 0 Å². The lowest BCUT2D eigenvalue weighted by molar-refractivity contribution is 0.0684. The van der Waals surface area contributed by atoms with Crippen LogP contribution in [0.5, 0.6) is 0 Å². The number of allylic oxidation sites excluding steroid dienone is 1. The number of fused-ring (bicyclic) bond motifs is 2. The molecule has 1 aliphatic carbocycles. The molecule has 2 unspecified atom stereocenters. The fourth-order valence-electron chi connectivity index (χ4n) is 3.35. The smallest absolute Gasteiger partial charge is 0.371 e. The molecule has 124 valence electrons. The summed E-state index contributed by atoms with van der Waals surface area (Å²) in [5.74, 6) is -1.72. The van der Waals surface area contributed by atoms with Gasteiger partial charge in [0.25, 0.3) is 0 Å². The topological polar surface area (TPSA) is 83.0 Å². The number of carbonyl (C=O) groups is 2. The third kappa shape index (κ3) is 2.54. The average Bonchev–Trinajstić information content (AvgIpc) is 3.11. The molecule has 1 aromatic heterocycles. The van der Waals surface area contributed by atoms with E-state index in [1.165, 1.54) is 6.20 Å². The summed E-state index contributed by atoms with van der Waals surface area (Å²) in [6.07, 6.45) is 5.36. The minimum Gasteiger partial charge on any atom is -0.475 e. The fourth-order valence-corrected chi connectivity index (χ4v) is 3.35. The third-order valence-electron chi connectivity index (χ3n) is 4.80. The van der Waals surface area contributed by atoms with Crippen LogP contribution in [0.15, 0.2) is 48.7 Å². The number of hydrogen-bond donors (Lipinski definition) is 2. The number of ketones is 1. The van der Waals surface area contributed by atoms with Crippen LogP contribution in [0.25, 0.3) is 16.8 Å². The molecule has 4 rings (SSSR count). The summed E-state index contributed by atoms with van der Waals surface area (Å²) in [6.45, 7) is 1.90. The van der Waals surface area contributed by atoms with Crippen LogP contribution in [-0.2, 0) is 0 Å². The number of aromatic amines is 1. The van der Waals surface area contributed by atoms with E-state index in [0.29, 0.717) is 11.3 Å². The largest absolute Gasteiger partial charge is 0.475 e. The molecule has 2 aromatic carbocycles. The number of H-pyrrole nitrogens is 1. The molecule has 0 fully saturated rings.